The number of ether oxygens (including phenoxy) is 1. The molecule has 155 valence electrons. The maximum absolute atomic E-state index is 5.60. The van der Waals surface area contributed by atoms with Crippen LogP contribution >= 0.6 is 11.3 Å². The van der Waals surface area contributed by atoms with Gasteiger partial charge in [0.25, 0.3) is 0 Å². The Morgan fingerprint density at radius 3 is 2.58 bits per heavy atom. The van der Waals surface area contributed by atoms with E-state index in [-0.39, 0.29) is 20.1 Å². The Bertz CT molecular complexity index is 1240. The molecule has 0 N–H and O–H groups in total. The summed E-state index contributed by atoms with van der Waals surface area (Å²) in [5, 5.41) is 8.33. The number of benzene rings is 2. The molecule has 2 aromatic carbocycles. The van der Waals surface area contributed by atoms with Crippen LogP contribution in [0, 0.1) is 6.07 Å². The van der Waals surface area contributed by atoms with Crippen molar-refractivity contribution in [2.75, 3.05) is 0 Å². The Morgan fingerprint density at radius 2 is 1.81 bits per heavy atom. The second-order valence-electron chi connectivity index (χ2n) is 6.33. The Hall–Kier alpha value is -3.25. The van der Waals surface area contributed by atoms with Gasteiger partial charge in [-0.1, -0.05) is 53.5 Å². The molecular formula is C24H15IrN3O2S-2. The maximum atomic E-state index is 5.60. The third-order valence-electron chi connectivity index (χ3n) is 4.28. The minimum absolute atomic E-state index is 0. The van der Waals surface area contributed by atoms with Crippen LogP contribution in [-0.4, -0.2) is 9.97 Å². The molecular weight excluding hydrogens is 587 g/mol. The number of oxazole rings is 1. The van der Waals surface area contributed by atoms with Gasteiger partial charge in [0.05, 0.1) is 0 Å². The zero-order chi connectivity index (χ0) is 20.2. The average Bonchev–Trinajstić information content (AvgIpc) is 3.53. The minimum Gasteiger partial charge on any atom is -0.624 e. The summed E-state index contributed by atoms with van der Waals surface area (Å²) in [5.41, 5.74) is 4.48. The third kappa shape index (κ3) is 4.91. The van der Waals surface area contributed by atoms with E-state index in [1.54, 1.807) is 23.6 Å². The summed E-state index contributed by atoms with van der Waals surface area (Å²) in [6, 6.07) is 24.2. The van der Waals surface area contributed by atoms with Crippen LogP contribution in [0.25, 0.3) is 33.7 Å². The molecule has 0 saturated carbocycles. The van der Waals surface area contributed by atoms with Crippen molar-refractivity contribution in [1.82, 2.24) is 9.97 Å². The number of pyridine rings is 1. The van der Waals surface area contributed by atoms with E-state index in [1.165, 1.54) is 0 Å². The quantitative estimate of drug-likeness (QED) is 0.208. The second-order valence-corrected chi connectivity index (χ2v) is 7.07. The number of thiophene rings is 1. The summed E-state index contributed by atoms with van der Waals surface area (Å²) in [4.78, 5) is 8.55. The molecule has 6 rings (SSSR count). The van der Waals surface area contributed by atoms with Crippen LogP contribution in [0.4, 0.5) is 5.69 Å². The molecule has 0 bridgehead atoms. The summed E-state index contributed by atoms with van der Waals surface area (Å²) in [7, 11) is 0. The van der Waals surface area contributed by atoms with Gasteiger partial charge in [0.2, 0.25) is 5.89 Å². The molecule has 5 nitrogen and oxygen atoms in total. The van der Waals surface area contributed by atoms with E-state index in [2.05, 4.69) is 21.4 Å². The smallest absolute Gasteiger partial charge is 0.221 e. The summed E-state index contributed by atoms with van der Waals surface area (Å²) >= 11 is 1.64. The predicted octanol–water partition coefficient (Wildman–Crippen LogP) is 6.83. The maximum Gasteiger partial charge on any atom is 0.221 e. The zero-order valence-electron chi connectivity index (χ0n) is 16.1. The molecule has 1 aliphatic heterocycles. The standard InChI is InChI=1S/C15H9N2O2.C9H6NS.Ir/c1-3-7-12-10(5-1)16-14(18-12)9-15-17-11-6-2-4-8-13(11)19-15;1-2-5-10-9(3-1)8-4-6-11-7-8;/h1-9H;1-3,5-7H;/q2*-1;/b14-9+;;. The summed E-state index contributed by atoms with van der Waals surface area (Å²) in [6.45, 7) is 0. The number of hydrogen-bond donors (Lipinski definition) is 0. The van der Waals surface area contributed by atoms with Gasteiger partial charge in [-0.2, -0.15) is 11.6 Å². The number of para-hydroxylation sites is 4. The van der Waals surface area contributed by atoms with Crippen LogP contribution in [0.2, 0.25) is 0 Å². The van der Waals surface area contributed by atoms with Gasteiger partial charge >= 0.3 is 0 Å². The van der Waals surface area contributed by atoms with Crippen LogP contribution < -0.4 is 4.74 Å². The van der Waals surface area contributed by atoms with Gasteiger partial charge in [0.15, 0.2) is 5.58 Å². The Labute approximate surface area is 196 Å². The van der Waals surface area contributed by atoms with Gasteiger partial charge in [-0.15, -0.1) is 5.38 Å². The van der Waals surface area contributed by atoms with Gasteiger partial charge in [-0.05, 0) is 30.0 Å². The van der Waals surface area contributed by atoms with Crippen LogP contribution in [0.15, 0.2) is 94.0 Å². The molecule has 5 aromatic rings. The van der Waals surface area contributed by atoms with Crippen molar-refractivity contribution in [3.05, 3.63) is 107 Å². The van der Waals surface area contributed by atoms with Gasteiger partial charge < -0.3 is 19.5 Å². The number of fused-ring (bicyclic) bond motifs is 2. The van der Waals surface area contributed by atoms with Gasteiger partial charge in [0, 0.05) is 38.3 Å². The average molecular weight is 602 g/mol. The molecule has 1 aliphatic rings. The first-order valence-corrected chi connectivity index (χ1v) is 10.2. The van der Waals surface area contributed by atoms with Crippen molar-refractivity contribution < 1.29 is 29.3 Å². The molecule has 0 aliphatic carbocycles. The molecule has 0 fully saturated rings. The number of hydrogen-bond acceptors (Lipinski definition) is 5. The van der Waals surface area contributed by atoms with Crippen LogP contribution in [0.3, 0.4) is 0 Å². The van der Waals surface area contributed by atoms with Crippen LogP contribution in [-0.2, 0) is 20.1 Å². The molecule has 1 radical (unpaired) electrons. The fourth-order valence-corrected chi connectivity index (χ4v) is 3.49. The Kier molecular flexibility index (Phi) is 6.57. The number of nitrogens with zero attached hydrogens (tertiary/aromatic N) is 3. The first-order chi connectivity index (χ1) is 14.8. The third-order valence-corrected chi connectivity index (χ3v) is 4.90. The van der Waals surface area contributed by atoms with Gasteiger partial charge in [-0.3, -0.25) is 0 Å². The molecule has 31 heavy (non-hydrogen) atoms. The van der Waals surface area contributed by atoms with E-state index in [0.717, 1.165) is 33.8 Å². The molecule has 0 atom stereocenters. The largest absolute Gasteiger partial charge is 0.624 e. The Balaban J connectivity index is 0.000000165. The minimum atomic E-state index is 0. The SMILES string of the molecule is C(=C1/[N-]c2ccccc2O1)/c1nc2ccccc2o1.[Ir].[c-]1cscc1-c1ccccn1. The zero-order valence-corrected chi connectivity index (χ0v) is 19.3. The molecule has 3 aromatic heterocycles. The molecule has 0 unspecified atom stereocenters. The topological polar surface area (TPSA) is 62.2 Å². The fraction of sp³-hybridized carbons (Fsp3) is 0. The molecule has 7 heteroatoms. The van der Waals surface area contributed by atoms with Crippen LogP contribution in [0.5, 0.6) is 5.75 Å². The van der Waals surface area contributed by atoms with E-state index >= 15 is 0 Å². The van der Waals surface area contributed by atoms with Crippen molar-refractivity contribution >= 4 is 34.2 Å². The van der Waals surface area contributed by atoms with Crippen LogP contribution in [0.1, 0.15) is 5.89 Å². The van der Waals surface area contributed by atoms with E-state index in [0.29, 0.717) is 11.8 Å². The first kappa shape index (κ1) is 21.0. The summed E-state index contributed by atoms with van der Waals surface area (Å²) in [5.74, 6) is 1.74. The molecule has 0 spiro atoms. The van der Waals surface area contributed by atoms with E-state index in [1.807, 2.05) is 77.5 Å². The summed E-state index contributed by atoms with van der Waals surface area (Å²) in [6.07, 6.45) is 3.49. The predicted molar refractivity (Wildman–Crippen MR) is 118 cm³/mol. The first-order valence-electron chi connectivity index (χ1n) is 9.26. The fourth-order valence-electron chi connectivity index (χ4n) is 2.90. The van der Waals surface area contributed by atoms with Crippen molar-refractivity contribution in [2.45, 2.75) is 0 Å². The number of aromatic nitrogens is 2. The summed E-state index contributed by atoms with van der Waals surface area (Å²) < 4.78 is 11.2. The second kappa shape index (κ2) is 9.70. The van der Waals surface area contributed by atoms with E-state index < -0.39 is 0 Å². The Morgan fingerprint density at radius 1 is 0.968 bits per heavy atom. The molecule has 0 amide bonds. The molecule has 0 saturated heterocycles. The van der Waals surface area contributed by atoms with Gasteiger partial charge in [0.1, 0.15) is 11.3 Å². The normalized spacial score (nSPS) is 12.8. The van der Waals surface area contributed by atoms with Crippen molar-refractivity contribution in [1.29, 1.82) is 0 Å². The number of rotatable bonds is 2. The van der Waals surface area contributed by atoms with E-state index in [9.17, 15) is 0 Å². The van der Waals surface area contributed by atoms with Crippen molar-refractivity contribution in [2.24, 2.45) is 0 Å². The van der Waals surface area contributed by atoms with Crippen molar-refractivity contribution in [3.8, 4) is 17.0 Å². The van der Waals surface area contributed by atoms with Crippen molar-refractivity contribution in [3.63, 3.8) is 0 Å². The van der Waals surface area contributed by atoms with E-state index in [4.69, 9.17) is 9.15 Å². The molecule has 4 heterocycles. The monoisotopic (exact) mass is 602 g/mol. The van der Waals surface area contributed by atoms with Gasteiger partial charge in [-0.25, -0.2) is 16.3 Å².